The summed E-state index contributed by atoms with van der Waals surface area (Å²) >= 11 is 0. The fourth-order valence-corrected chi connectivity index (χ4v) is 3.34. The number of para-hydroxylation sites is 1. The summed E-state index contributed by atoms with van der Waals surface area (Å²) in [7, 11) is 1.68. The predicted molar refractivity (Wildman–Crippen MR) is 118 cm³/mol. The van der Waals surface area contributed by atoms with Crippen LogP contribution in [0.4, 0.5) is 5.69 Å². The van der Waals surface area contributed by atoms with E-state index in [0.29, 0.717) is 0 Å². The molecule has 29 heavy (non-hydrogen) atoms. The van der Waals surface area contributed by atoms with Gasteiger partial charge >= 0.3 is 0 Å². The zero-order valence-corrected chi connectivity index (χ0v) is 16.7. The largest absolute Gasteiger partial charge is 0.497 e. The second kappa shape index (κ2) is 8.65. The Bertz CT molecular complexity index is 1110. The Balaban J connectivity index is 1.46. The molecule has 1 aromatic heterocycles. The topological polar surface area (TPSA) is 43.4 Å². The molecule has 4 nitrogen and oxygen atoms in total. The zero-order valence-electron chi connectivity index (χ0n) is 16.7. The molecule has 0 radical (unpaired) electrons. The molecule has 0 aliphatic heterocycles. The number of pyridine rings is 1. The third-order valence-corrected chi connectivity index (χ3v) is 4.75. The average Bonchev–Trinajstić information content (AvgIpc) is 2.74. The van der Waals surface area contributed by atoms with Crippen molar-refractivity contribution in [1.82, 2.24) is 4.98 Å². The first-order valence-corrected chi connectivity index (χ1v) is 9.72. The highest BCUT2D eigenvalue weighted by molar-refractivity contribution is 5.92. The van der Waals surface area contributed by atoms with Gasteiger partial charge in [-0.2, -0.15) is 0 Å². The van der Waals surface area contributed by atoms with Crippen LogP contribution in [-0.4, -0.2) is 18.6 Å². The lowest BCUT2D eigenvalue weighted by Gasteiger charge is -2.12. The Hall–Kier alpha value is -3.53. The van der Waals surface area contributed by atoms with Gasteiger partial charge in [0, 0.05) is 23.3 Å². The highest BCUT2D eigenvalue weighted by Gasteiger charge is 2.06. The maximum atomic E-state index is 5.94. The van der Waals surface area contributed by atoms with Crippen LogP contribution in [0.15, 0.2) is 78.9 Å². The van der Waals surface area contributed by atoms with E-state index in [1.807, 2.05) is 67.6 Å². The van der Waals surface area contributed by atoms with Crippen molar-refractivity contribution in [2.24, 2.45) is 0 Å². The summed E-state index contributed by atoms with van der Waals surface area (Å²) in [6.45, 7) is 2.82. The van der Waals surface area contributed by atoms with Gasteiger partial charge in [-0.1, -0.05) is 30.3 Å². The van der Waals surface area contributed by atoms with Crippen molar-refractivity contribution in [2.75, 3.05) is 19.0 Å². The van der Waals surface area contributed by atoms with E-state index >= 15 is 0 Å². The van der Waals surface area contributed by atoms with Crippen LogP contribution >= 0.6 is 0 Å². The Morgan fingerprint density at radius 1 is 0.828 bits per heavy atom. The van der Waals surface area contributed by atoms with Crippen molar-refractivity contribution < 1.29 is 9.47 Å². The standard InChI is InChI=1S/C25H24N2O2/c1-18-15-25(23-17-21(28-2)11-12-24(23)27-18)26-14-13-19-7-6-10-22(16-19)29-20-8-4-3-5-9-20/h3-12,15-17H,13-14H2,1-2H3,(H,26,27). The number of nitrogens with one attached hydrogen (secondary N) is 1. The maximum absolute atomic E-state index is 5.94. The summed E-state index contributed by atoms with van der Waals surface area (Å²) in [5, 5.41) is 4.63. The number of aromatic nitrogens is 1. The average molecular weight is 384 g/mol. The van der Waals surface area contributed by atoms with Gasteiger partial charge in [-0.3, -0.25) is 4.98 Å². The lowest BCUT2D eigenvalue weighted by Crippen LogP contribution is -2.06. The molecule has 0 unspecified atom stereocenters. The first-order valence-electron chi connectivity index (χ1n) is 9.72. The van der Waals surface area contributed by atoms with Gasteiger partial charge in [0.05, 0.1) is 12.6 Å². The van der Waals surface area contributed by atoms with Crippen molar-refractivity contribution in [1.29, 1.82) is 0 Å². The number of hydrogen-bond acceptors (Lipinski definition) is 4. The van der Waals surface area contributed by atoms with Crippen LogP contribution in [0, 0.1) is 6.92 Å². The molecule has 4 rings (SSSR count). The fourth-order valence-electron chi connectivity index (χ4n) is 3.34. The molecule has 0 atom stereocenters. The molecule has 3 aromatic carbocycles. The molecule has 1 heterocycles. The van der Waals surface area contributed by atoms with Crippen LogP contribution in [0.2, 0.25) is 0 Å². The second-order valence-corrected chi connectivity index (χ2v) is 6.93. The van der Waals surface area contributed by atoms with Crippen LogP contribution in [0.25, 0.3) is 10.9 Å². The smallest absolute Gasteiger partial charge is 0.127 e. The van der Waals surface area contributed by atoms with Gasteiger partial charge in [-0.25, -0.2) is 0 Å². The molecule has 0 saturated heterocycles. The molecule has 0 aliphatic rings. The van der Waals surface area contributed by atoms with Crippen LogP contribution in [-0.2, 0) is 6.42 Å². The Kier molecular flexibility index (Phi) is 5.61. The number of benzene rings is 3. The van der Waals surface area contributed by atoms with E-state index in [1.165, 1.54) is 5.56 Å². The van der Waals surface area contributed by atoms with E-state index in [0.717, 1.165) is 52.5 Å². The SMILES string of the molecule is COc1ccc2nc(C)cc(NCCc3cccc(Oc4ccccc4)c3)c2c1. The molecule has 0 amide bonds. The van der Waals surface area contributed by atoms with Gasteiger partial charge in [0.25, 0.3) is 0 Å². The highest BCUT2D eigenvalue weighted by atomic mass is 16.5. The Morgan fingerprint density at radius 3 is 2.48 bits per heavy atom. The van der Waals surface area contributed by atoms with Gasteiger partial charge in [0.2, 0.25) is 0 Å². The second-order valence-electron chi connectivity index (χ2n) is 6.93. The van der Waals surface area contributed by atoms with E-state index < -0.39 is 0 Å². The Labute approximate surface area is 171 Å². The molecule has 0 fully saturated rings. The first-order chi connectivity index (χ1) is 14.2. The van der Waals surface area contributed by atoms with Crippen molar-refractivity contribution in [3.63, 3.8) is 0 Å². The number of fused-ring (bicyclic) bond motifs is 1. The minimum Gasteiger partial charge on any atom is -0.497 e. The minimum absolute atomic E-state index is 0.810. The van der Waals surface area contributed by atoms with E-state index in [-0.39, 0.29) is 0 Å². The van der Waals surface area contributed by atoms with Gasteiger partial charge in [0.1, 0.15) is 17.2 Å². The summed E-state index contributed by atoms with van der Waals surface area (Å²) in [5.74, 6) is 2.52. The van der Waals surface area contributed by atoms with E-state index in [2.05, 4.69) is 28.5 Å². The molecule has 1 N–H and O–H groups in total. The number of nitrogens with zero attached hydrogens (tertiary/aromatic N) is 1. The fraction of sp³-hybridized carbons (Fsp3) is 0.160. The summed E-state index contributed by atoms with van der Waals surface area (Å²) in [6.07, 6.45) is 0.888. The monoisotopic (exact) mass is 384 g/mol. The van der Waals surface area contributed by atoms with Crippen molar-refractivity contribution >= 4 is 16.6 Å². The number of rotatable bonds is 7. The summed E-state index contributed by atoms with van der Waals surface area (Å²) in [4.78, 5) is 4.62. The molecule has 4 heteroatoms. The normalized spacial score (nSPS) is 10.7. The van der Waals surface area contributed by atoms with E-state index in [4.69, 9.17) is 9.47 Å². The predicted octanol–water partition coefficient (Wildman–Crippen LogP) is 6.00. The van der Waals surface area contributed by atoms with Crippen LogP contribution < -0.4 is 14.8 Å². The summed E-state index contributed by atoms with van der Waals surface area (Å²) in [6, 6.07) is 26.1. The van der Waals surface area contributed by atoms with E-state index in [1.54, 1.807) is 7.11 Å². The first kappa shape index (κ1) is 18.8. The summed E-state index contributed by atoms with van der Waals surface area (Å²) in [5.41, 5.74) is 4.25. The minimum atomic E-state index is 0.810. The van der Waals surface area contributed by atoms with Crippen LogP contribution in [0.3, 0.4) is 0 Å². The number of hydrogen-bond donors (Lipinski definition) is 1. The molecule has 0 spiro atoms. The molecular weight excluding hydrogens is 360 g/mol. The molecule has 0 bridgehead atoms. The zero-order chi connectivity index (χ0) is 20.1. The Morgan fingerprint density at radius 2 is 1.66 bits per heavy atom. The number of anilines is 1. The van der Waals surface area contributed by atoms with Gasteiger partial charge in [-0.05, 0) is 67.4 Å². The van der Waals surface area contributed by atoms with Gasteiger partial charge < -0.3 is 14.8 Å². The van der Waals surface area contributed by atoms with Crippen LogP contribution in [0.1, 0.15) is 11.3 Å². The number of methoxy groups -OCH3 is 1. The van der Waals surface area contributed by atoms with Crippen molar-refractivity contribution in [3.8, 4) is 17.2 Å². The third kappa shape index (κ3) is 4.66. The summed E-state index contributed by atoms with van der Waals surface area (Å²) < 4.78 is 11.3. The molecule has 0 saturated carbocycles. The quantitative estimate of drug-likeness (QED) is 0.424. The van der Waals surface area contributed by atoms with Crippen LogP contribution in [0.5, 0.6) is 17.2 Å². The van der Waals surface area contributed by atoms with Crippen molar-refractivity contribution in [2.45, 2.75) is 13.3 Å². The lowest BCUT2D eigenvalue weighted by atomic mass is 10.1. The van der Waals surface area contributed by atoms with Gasteiger partial charge in [0.15, 0.2) is 0 Å². The molecule has 4 aromatic rings. The van der Waals surface area contributed by atoms with Gasteiger partial charge in [-0.15, -0.1) is 0 Å². The number of ether oxygens (including phenoxy) is 2. The molecular formula is C25H24N2O2. The maximum Gasteiger partial charge on any atom is 0.127 e. The lowest BCUT2D eigenvalue weighted by molar-refractivity contribution is 0.415. The highest BCUT2D eigenvalue weighted by Crippen LogP contribution is 2.27. The van der Waals surface area contributed by atoms with Crippen molar-refractivity contribution in [3.05, 3.63) is 90.1 Å². The number of aryl methyl sites for hydroxylation is 1. The molecule has 0 aliphatic carbocycles. The third-order valence-electron chi connectivity index (χ3n) is 4.75. The van der Waals surface area contributed by atoms with E-state index in [9.17, 15) is 0 Å². The molecule has 146 valence electrons.